The standard InChI is InChI=1S/C12H16N4/c1-3-11-10(9-16(2)15-11)8-14-12-6-4-5-7-13-12/h4-7,9H,3,8H2,1-2H3,(H,13,14). The van der Waals surface area contributed by atoms with Gasteiger partial charge in [0.2, 0.25) is 0 Å². The second-order valence-electron chi connectivity index (χ2n) is 3.70. The summed E-state index contributed by atoms with van der Waals surface area (Å²) in [5, 5.41) is 7.68. The summed E-state index contributed by atoms with van der Waals surface area (Å²) in [6, 6.07) is 5.84. The van der Waals surface area contributed by atoms with Gasteiger partial charge in [0.15, 0.2) is 0 Å². The highest BCUT2D eigenvalue weighted by Crippen LogP contribution is 2.09. The summed E-state index contributed by atoms with van der Waals surface area (Å²) in [6.07, 6.45) is 4.79. The molecule has 0 atom stereocenters. The summed E-state index contributed by atoms with van der Waals surface area (Å²) >= 11 is 0. The van der Waals surface area contributed by atoms with Crippen molar-refractivity contribution >= 4 is 5.82 Å². The minimum atomic E-state index is 0.772. The average molecular weight is 216 g/mol. The first-order valence-corrected chi connectivity index (χ1v) is 5.46. The number of rotatable bonds is 4. The predicted octanol–water partition coefficient (Wildman–Crippen LogP) is 1.99. The lowest BCUT2D eigenvalue weighted by molar-refractivity contribution is 0.746. The van der Waals surface area contributed by atoms with Crippen LogP contribution < -0.4 is 5.32 Å². The highest BCUT2D eigenvalue weighted by atomic mass is 15.3. The van der Waals surface area contributed by atoms with E-state index < -0.39 is 0 Å². The zero-order valence-corrected chi connectivity index (χ0v) is 9.64. The first kappa shape index (κ1) is 10.7. The Hall–Kier alpha value is -1.84. The monoisotopic (exact) mass is 216 g/mol. The van der Waals surface area contributed by atoms with Crippen LogP contribution in [-0.2, 0) is 20.0 Å². The van der Waals surface area contributed by atoms with Crippen LogP contribution in [0, 0.1) is 0 Å². The third kappa shape index (κ3) is 2.39. The molecular formula is C12H16N4. The van der Waals surface area contributed by atoms with Crippen molar-refractivity contribution in [2.75, 3.05) is 5.32 Å². The second-order valence-corrected chi connectivity index (χ2v) is 3.70. The molecule has 0 spiro atoms. The lowest BCUT2D eigenvalue weighted by atomic mass is 10.2. The van der Waals surface area contributed by atoms with Crippen molar-refractivity contribution in [3.05, 3.63) is 41.9 Å². The average Bonchev–Trinajstić information content (AvgIpc) is 2.68. The van der Waals surface area contributed by atoms with Gasteiger partial charge in [-0.3, -0.25) is 4.68 Å². The van der Waals surface area contributed by atoms with Gasteiger partial charge in [0.05, 0.1) is 5.69 Å². The number of hydrogen-bond donors (Lipinski definition) is 1. The van der Waals surface area contributed by atoms with Gasteiger partial charge < -0.3 is 5.32 Å². The van der Waals surface area contributed by atoms with Gasteiger partial charge in [-0.2, -0.15) is 5.10 Å². The predicted molar refractivity (Wildman–Crippen MR) is 64.1 cm³/mol. The Balaban J connectivity index is 2.04. The summed E-state index contributed by atoms with van der Waals surface area (Å²) < 4.78 is 1.86. The Morgan fingerprint density at radius 2 is 2.25 bits per heavy atom. The largest absolute Gasteiger partial charge is 0.366 e. The third-order valence-electron chi connectivity index (χ3n) is 2.45. The fourth-order valence-corrected chi connectivity index (χ4v) is 1.68. The van der Waals surface area contributed by atoms with E-state index in [0.29, 0.717) is 0 Å². The van der Waals surface area contributed by atoms with E-state index in [2.05, 4.69) is 28.5 Å². The van der Waals surface area contributed by atoms with Crippen LogP contribution in [0.25, 0.3) is 0 Å². The van der Waals surface area contributed by atoms with E-state index in [0.717, 1.165) is 24.5 Å². The molecule has 2 aromatic rings. The number of aryl methyl sites for hydroxylation is 2. The molecule has 0 aliphatic rings. The van der Waals surface area contributed by atoms with Crippen LogP contribution >= 0.6 is 0 Å². The molecule has 0 saturated carbocycles. The number of pyridine rings is 1. The Kier molecular flexibility index (Phi) is 3.19. The summed E-state index contributed by atoms with van der Waals surface area (Å²) in [5.41, 5.74) is 2.38. The third-order valence-corrected chi connectivity index (χ3v) is 2.45. The molecule has 4 nitrogen and oxygen atoms in total. The van der Waals surface area contributed by atoms with Crippen LogP contribution in [0.15, 0.2) is 30.6 Å². The number of nitrogens with zero attached hydrogens (tertiary/aromatic N) is 3. The van der Waals surface area contributed by atoms with Gasteiger partial charge in [-0.05, 0) is 18.6 Å². The molecule has 0 bridgehead atoms. The highest BCUT2D eigenvalue weighted by molar-refractivity contribution is 5.35. The molecule has 0 amide bonds. The normalized spacial score (nSPS) is 10.4. The van der Waals surface area contributed by atoms with E-state index in [1.54, 1.807) is 6.20 Å². The molecule has 0 unspecified atom stereocenters. The van der Waals surface area contributed by atoms with Crippen LogP contribution in [-0.4, -0.2) is 14.8 Å². The van der Waals surface area contributed by atoms with Crippen LogP contribution in [0.5, 0.6) is 0 Å². The zero-order valence-electron chi connectivity index (χ0n) is 9.64. The first-order valence-electron chi connectivity index (χ1n) is 5.46. The molecule has 1 N–H and O–H groups in total. The number of nitrogens with one attached hydrogen (secondary N) is 1. The number of anilines is 1. The van der Waals surface area contributed by atoms with Crippen molar-refractivity contribution in [2.45, 2.75) is 19.9 Å². The fourth-order valence-electron chi connectivity index (χ4n) is 1.68. The van der Waals surface area contributed by atoms with Crippen molar-refractivity contribution in [3.63, 3.8) is 0 Å². The van der Waals surface area contributed by atoms with Gasteiger partial charge in [-0.15, -0.1) is 0 Å². The summed E-state index contributed by atoms with van der Waals surface area (Å²) in [5.74, 6) is 0.897. The molecule has 2 heterocycles. The highest BCUT2D eigenvalue weighted by Gasteiger charge is 2.05. The van der Waals surface area contributed by atoms with Gasteiger partial charge >= 0.3 is 0 Å². The summed E-state index contributed by atoms with van der Waals surface area (Å²) in [7, 11) is 1.95. The summed E-state index contributed by atoms with van der Waals surface area (Å²) in [6.45, 7) is 2.89. The molecule has 0 aliphatic heterocycles. The molecule has 2 aromatic heterocycles. The molecule has 0 radical (unpaired) electrons. The minimum Gasteiger partial charge on any atom is -0.366 e. The van der Waals surface area contributed by atoms with E-state index in [9.17, 15) is 0 Å². The van der Waals surface area contributed by atoms with Crippen LogP contribution in [0.1, 0.15) is 18.2 Å². The Labute approximate surface area is 95.3 Å². The quantitative estimate of drug-likeness (QED) is 0.850. The van der Waals surface area contributed by atoms with Crippen molar-refractivity contribution in [3.8, 4) is 0 Å². The number of aromatic nitrogens is 3. The van der Waals surface area contributed by atoms with Crippen LogP contribution in [0.4, 0.5) is 5.82 Å². The lowest BCUT2D eigenvalue weighted by Gasteiger charge is -2.04. The van der Waals surface area contributed by atoms with E-state index in [4.69, 9.17) is 0 Å². The van der Waals surface area contributed by atoms with Gasteiger partial charge in [0.1, 0.15) is 5.82 Å². The second kappa shape index (κ2) is 4.79. The Morgan fingerprint density at radius 1 is 1.38 bits per heavy atom. The Morgan fingerprint density at radius 3 is 2.94 bits per heavy atom. The zero-order chi connectivity index (χ0) is 11.4. The molecule has 2 rings (SSSR count). The molecule has 84 valence electrons. The molecule has 0 saturated heterocycles. The van der Waals surface area contributed by atoms with Crippen LogP contribution in [0.3, 0.4) is 0 Å². The molecule has 0 aliphatic carbocycles. The maximum atomic E-state index is 4.40. The van der Waals surface area contributed by atoms with Crippen molar-refractivity contribution in [1.29, 1.82) is 0 Å². The minimum absolute atomic E-state index is 0.772. The van der Waals surface area contributed by atoms with Gasteiger partial charge in [0.25, 0.3) is 0 Å². The lowest BCUT2D eigenvalue weighted by Crippen LogP contribution is -2.02. The van der Waals surface area contributed by atoms with Gasteiger partial charge in [-0.1, -0.05) is 13.0 Å². The molecule has 0 aromatic carbocycles. The van der Waals surface area contributed by atoms with Crippen molar-refractivity contribution in [1.82, 2.24) is 14.8 Å². The molecule has 16 heavy (non-hydrogen) atoms. The van der Waals surface area contributed by atoms with Crippen molar-refractivity contribution in [2.24, 2.45) is 7.05 Å². The fraction of sp³-hybridized carbons (Fsp3) is 0.333. The molecule has 0 fully saturated rings. The maximum Gasteiger partial charge on any atom is 0.126 e. The van der Waals surface area contributed by atoms with E-state index in [1.165, 1.54) is 5.56 Å². The summed E-state index contributed by atoms with van der Waals surface area (Å²) in [4.78, 5) is 4.22. The SMILES string of the molecule is CCc1nn(C)cc1CNc1ccccn1. The van der Waals surface area contributed by atoms with E-state index in [-0.39, 0.29) is 0 Å². The molecule has 4 heteroatoms. The van der Waals surface area contributed by atoms with Crippen molar-refractivity contribution < 1.29 is 0 Å². The maximum absolute atomic E-state index is 4.40. The van der Waals surface area contributed by atoms with Crippen LogP contribution in [0.2, 0.25) is 0 Å². The molecular weight excluding hydrogens is 200 g/mol. The first-order chi connectivity index (χ1) is 7.79. The Bertz CT molecular complexity index is 447. The smallest absolute Gasteiger partial charge is 0.126 e. The number of hydrogen-bond acceptors (Lipinski definition) is 3. The van der Waals surface area contributed by atoms with Gasteiger partial charge in [-0.25, -0.2) is 4.98 Å². The van der Waals surface area contributed by atoms with E-state index >= 15 is 0 Å². The van der Waals surface area contributed by atoms with Gasteiger partial charge in [0, 0.05) is 31.5 Å². The topological polar surface area (TPSA) is 42.7 Å². The van der Waals surface area contributed by atoms with E-state index in [1.807, 2.05) is 29.9 Å².